The minimum atomic E-state index is -0.249. The lowest BCUT2D eigenvalue weighted by Gasteiger charge is -2.42. The first-order valence-electron chi connectivity index (χ1n) is 10.9. The third-order valence-corrected chi connectivity index (χ3v) is 6.55. The van der Waals surface area contributed by atoms with Crippen LogP contribution in [0.1, 0.15) is 70.9 Å². The zero-order valence-electron chi connectivity index (χ0n) is 18.9. The van der Waals surface area contributed by atoms with E-state index in [0.29, 0.717) is 5.75 Å². The van der Waals surface area contributed by atoms with E-state index in [1.165, 1.54) is 11.1 Å². The summed E-state index contributed by atoms with van der Waals surface area (Å²) in [5, 5.41) is 24.9. The highest BCUT2D eigenvalue weighted by molar-refractivity contribution is 6.30. The predicted octanol–water partition coefficient (Wildman–Crippen LogP) is 6.77. The van der Waals surface area contributed by atoms with Crippen LogP contribution in [0.15, 0.2) is 42.5 Å². The van der Waals surface area contributed by atoms with Crippen molar-refractivity contribution < 1.29 is 10.2 Å². The molecule has 0 saturated carbocycles. The van der Waals surface area contributed by atoms with Crippen LogP contribution < -0.4 is 5.32 Å². The van der Waals surface area contributed by atoms with Crippen molar-refractivity contribution in [2.45, 2.75) is 71.8 Å². The maximum absolute atomic E-state index is 10.2. The molecule has 0 saturated heterocycles. The average molecular weight is 430 g/mol. The number of benzene rings is 2. The molecule has 0 radical (unpaired) electrons. The molecule has 164 valence electrons. The van der Waals surface area contributed by atoms with Gasteiger partial charge in [-0.05, 0) is 78.0 Å². The molecule has 2 unspecified atom stereocenters. The fraction of sp³-hybridized carbons (Fsp3) is 0.538. The lowest BCUT2D eigenvalue weighted by Crippen LogP contribution is -2.46. The molecule has 0 bridgehead atoms. The fourth-order valence-electron chi connectivity index (χ4n) is 4.89. The number of aliphatic hydroxyl groups excluding tert-OH is 1. The molecule has 3 N–H and O–H groups in total. The second kappa shape index (κ2) is 8.43. The molecule has 0 aliphatic carbocycles. The van der Waals surface area contributed by atoms with Crippen molar-refractivity contribution in [1.82, 2.24) is 0 Å². The zero-order chi connectivity index (χ0) is 22.2. The SMILES string of the molecule is CC(C)(C)CCC1c2cc(O)ccc2NC1(Cc1ccc(Cl)cc1)CC(C)(C)CO. The Bertz CT molecular complexity index is 870. The van der Waals surface area contributed by atoms with Gasteiger partial charge in [-0.25, -0.2) is 0 Å². The third-order valence-electron chi connectivity index (χ3n) is 6.30. The number of rotatable bonds is 7. The summed E-state index contributed by atoms with van der Waals surface area (Å²) in [6.07, 6.45) is 3.75. The van der Waals surface area contributed by atoms with Crippen LogP contribution in [0, 0.1) is 10.8 Å². The van der Waals surface area contributed by atoms with Gasteiger partial charge in [0.25, 0.3) is 0 Å². The largest absolute Gasteiger partial charge is 0.508 e. The molecule has 1 aliphatic heterocycles. The topological polar surface area (TPSA) is 52.5 Å². The van der Waals surface area contributed by atoms with Crippen molar-refractivity contribution >= 4 is 17.3 Å². The summed E-state index contributed by atoms with van der Waals surface area (Å²) in [6.45, 7) is 11.2. The predicted molar refractivity (Wildman–Crippen MR) is 127 cm³/mol. The molecule has 3 rings (SSSR count). The number of anilines is 1. The van der Waals surface area contributed by atoms with E-state index in [-0.39, 0.29) is 28.9 Å². The Labute approximate surface area is 186 Å². The quantitative estimate of drug-likeness (QED) is 0.425. The number of aliphatic hydroxyl groups is 1. The number of phenols is 1. The third kappa shape index (κ3) is 5.31. The zero-order valence-corrected chi connectivity index (χ0v) is 19.7. The summed E-state index contributed by atoms with van der Waals surface area (Å²) in [5.41, 5.74) is 3.23. The number of hydrogen-bond acceptors (Lipinski definition) is 3. The Balaban J connectivity index is 2.07. The molecule has 4 heteroatoms. The van der Waals surface area contributed by atoms with Crippen LogP contribution in [-0.2, 0) is 6.42 Å². The second-order valence-corrected chi connectivity index (χ2v) is 11.4. The van der Waals surface area contributed by atoms with Crippen LogP contribution in [0.3, 0.4) is 0 Å². The minimum absolute atomic E-state index is 0.130. The van der Waals surface area contributed by atoms with E-state index in [4.69, 9.17) is 11.6 Å². The van der Waals surface area contributed by atoms with Crippen LogP contribution in [0.2, 0.25) is 5.02 Å². The summed E-state index contributed by atoms with van der Waals surface area (Å²) in [7, 11) is 0. The Hall–Kier alpha value is -1.71. The van der Waals surface area contributed by atoms with Crippen LogP contribution in [0.25, 0.3) is 0 Å². The van der Waals surface area contributed by atoms with Gasteiger partial charge in [-0.2, -0.15) is 0 Å². The first-order valence-corrected chi connectivity index (χ1v) is 11.3. The summed E-state index contributed by atoms with van der Waals surface area (Å²) < 4.78 is 0. The fourth-order valence-corrected chi connectivity index (χ4v) is 5.01. The molecule has 0 amide bonds. The first-order chi connectivity index (χ1) is 13.9. The molecule has 2 atom stereocenters. The van der Waals surface area contributed by atoms with E-state index in [1.807, 2.05) is 24.3 Å². The second-order valence-electron chi connectivity index (χ2n) is 11.0. The van der Waals surface area contributed by atoms with Gasteiger partial charge in [-0.15, -0.1) is 0 Å². The summed E-state index contributed by atoms with van der Waals surface area (Å²) >= 11 is 6.13. The van der Waals surface area contributed by atoms with Crippen molar-refractivity contribution in [2.24, 2.45) is 10.8 Å². The van der Waals surface area contributed by atoms with E-state index < -0.39 is 0 Å². The first kappa shape index (κ1) is 23.0. The number of nitrogens with one attached hydrogen (secondary N) is 1. The molecule has 1 aliphatic rings. The molecular weight excluding hydrogens is 394 g/mol. The van der Waals surface area contributed by atoms with Gasteiger partial charge in [0, 0.05) is 28.8 Å². The molecular formula is C26H36ClNO2. The van der Waals surface area contributed by atoms with E-state index in [1.54, 1.807) is 6.07 Å². The minimum Gasteiger partial charge on any atom is -0.508 e. The maximum atomic E-state index is 10.2. The number of phenolic OH excluding ortho intramolecular Hbond substituents is 1. The van der Waals surface area contributed by atoms with Crippen LogP contribution in [-0.4, -0.2) is 22.4 Å². The summed E-state index contributed by atoms with van der Waals surface area (Å²) in [5.74, 6) is 0.542. The standard InChI is InChI=1S/C26H36ClNO2/c1-24(2,3)13-12-22-21-14-20(30)10-11-23(21)28-26(22,16-25(4,5)17-29)15-18-6-8-19(27)9-7-18/h6-11,14,22,28-30H,12-13,15-17H2,1-5H3. The van der Waals surface area contributed by atoms with E-state index in [0.717, 1.165) is 36.4 Å². The molecule has 2 aromatic carbocycles. The smallest absolute Gasteiger partial charge is 0.116 e. The van der Waals surface area contributed by atoms with Crippen molar-refractivity contribution in [2.75, 3.05) is 11.9 Å². The van der Waals surface area contributed by atoms with Gasteiger partial charge in [0.1, 0.15) is 5.75 Å². The highest BCUT2D eigenvalue weighted by Crippen LogP contribution is 2.53. The highest BCUT2D eigenvalue weighted by atomic mass is 35.5. The molecule has 1 heterocycles. The van der Waals surface area contributed by atoms with Gasteiger partial charge in [0.05, 0.1) is 0 Å². The molecule has 0 spiro atoms. The summed E-state index contributed by atoms with van der Waals surface area (Å²) in [4.78, 5) is 0. The van der Waals surface area contributed by atoms with Crippen LogP contribution in [0.5, 0.6) is 5.75 Å². The Kier molecular flexibility index (Phi) is 6.46. The van der Waals surface area contributed by atoms with Gasteiger partial charge in [0.2, 0.25) is 0 Å². The van der Waals surface area contributed by atoms with Crippen molar-refractivity contribution in [3.8, 4) is 5.75 Å². The molecule has 0 fully saturated rings. The Morgan fingerprint density at radius 3 is 2.30 bits per heavy atom. The Morgan fingerprint density at radius 1 is 1.03 bits per heavy atom. The van der Waals surface area contributed by atoms with E-state index in [2.05, 4.69) is 52.1 Å². The number of halogens is 1. The van der Waals surface area contributed by atoms with Gasteiger partial charge < -0.3 is 15.5 Å². The number of aromatic hydroxyl groups is 1. The van der Waals surface area contributed by atoms with Crippen molar-refractivity contribution in [3.63, 3.8) is 0 Å². The monoisotopic (exact) mass is 429 g/mol. The van der Waals surface area contributed by atoms with Gasteiger partial charge in [-0.1, -0.05) is 58.4 Å². The average Bonchev–Trinajstić information content (AvgIpc) is 2.92. The molecule has 0 aromatic heterocycles. The lowest BCUT2D eigenvalue weighted by atomic mass is 9.67. The maximum Gasteiger partial charge on any atom is 0.116 e. The number of fused-ring (bicyclic) bond motifs is 1. The van der Waals surface area contributed by atoms with Crippen LogP contribution in [0.4, 0.5) is 5.69 Å². The lowest BCUT2D eigenvalue weighted by molar-refractivity contribution is 0.116. The van der Waals surface area contributed by atoms with Gasteiger partial charge in [0.15, 0.2) is 0 Å². The normalized spacial score (nSPS) is 21.4. The van der Waals surface area contributed by atoms with Crippen LogP contribution >= 0.6 is 11.6 Å². The molecule has 2 aromatic rings. The number of hydrogen-bond donors (Lipinski definition) is 3. The van der Waals surface area contributed by atoms with Gasteiger partial charge in [-0.3, -0.25) is 0 Å². The van der Waals surface area contributed by atoms with Crippen molar-refractivity contribution in [3.05, 3.63) is 58.6 Å². The van der Waals surface area contributed by atoms with Gasteiger partial charge >= 0.3 is 0 Å². The molecule has 3 nitrogen and oxygen atoms in total. The Morgan fingerprint density at radius 2 is 1.70 bits per heavy atom. The van der Waals surface area contributed by atoms with E-state index in [9.17, 15) is 10.2 Å². The molecule has 30 heavy (non-hydrogen) atoms. The highest BCUT2D eigenvalue weighted by Gasteiger charge is 2.48. The van der Waals surface area contributed by atoms with E-state index >= 15 is 0 Å². The summed E-state index contributed by atoms with van der Waals surface area (Å²) in [6, 6.07) is 13.7. The van der Waals surface area contributed by atoms with Crippen molar-refractivity contribution in [1.29, 1.82) is 0 Å².